The molecule has 0 fully saturated rings. The van der Waals surface area contributed by atoms with Crippen molar-refractivity contribution in [3.8, 4) is 0 Å². The van der Waals surface area contributed by atoms with Crippen LogP contribution in [0.1, 0.15) is 19.4 Å². The Morgan fingerprint density at radius 1 is 1.27 bits per heavy atom. The molecule has 15 heavy (non-hydrogen) atoms. The molecule has 1 rings (SSSR count). The largest absolute Gasteiger partial charge is 0.295 e. The van der Waals surface area contributed by atoms with E-state index in [1.54, 1.807) is 6.92 Å². The number of rotatable bonds is 2. The van der Waals surface area contributed by atoms with Gasteiger partial charge in [-0.3, -0.25) is 4.79 Å². The van der Waals surface area contributed by atoms with E-state index >= 15 is 0 Å². The Hall–Kier alpha value is -1.03. The molecule has 0 N–H and O–H groups in total. The molecule has 0 aliphatic heterocycles. The van der Waals surface area contributed by atoms with Crippen LogP contribution in [0, 0.1) is 11.6 Å². The van der Waals surface area contributed by atoms with Gasteiger partial charge in [-0.2, -0.15) is 0 Å². The molecule has 4 heteroatoms. The van der Waals surface area contributed by atoms with Gasteiger partial charge in [0.15, 0.2) is 5.78 Å². The molecule has 0 saturated carbocycles. The average molecular weight is 275 g/mol. The highest BCUT2D eigenvalue weighted by atomic mass is 79.9. The quantitative estimate of drug-likeness (QED) is 0.594. The van der Waals surface area contributed by atoms with Gasteiger partial charge in [-0.1, -0.05) is 0 Å². The van der Waals surface area contributed by atoms with Crippen LogP contribution in [0.2, 0.25) is 0 Å². The van der Waals surface area contributed by atoms with E-state index in [1.807, 2.05) is 0 Å². The van der Waals surface area contributed by atoms with Crippen molar-refractivity contribution in [1.82, 2.24) is 0 Å². The molecule has 0 aliphatic carbocycles. The summed E-state index contributed by atoms with van der Waals surface area (Å²) in [6, 6.07) is 2.11. The predicted octanol–water partition coefficient (Wildman–Crippen LogP) is 3.72. The Morgan fingerprint density at radius 2 is 1.87 bits per heavy atom. The molecule has 0 saturated heterocycles. The number of ketones is 1. The smallest absolute Gasteiger partial charge is 0.152 e. The van der Waals surface area contributed by atoms with Gasteiger partial charge in [-0.15, -0.1) is 0 Å². The fourth-order valence-corrected chi connectivity index (χ4v) is 1.52. The molecule has 0 aromatic heterocycles. The SMILES string of the molecule is CC(=O)/C=C(\C)c1cc(F)c(Br)cc1F. The number of allylic oxidation sites excluding steroid dienone is 2. The summed E-state index contributed by atoms with van der Waals surface area (Å²) in [5, 5.41) is 0. The van der Waals surface area contributed by atoms with E-state index in [0.29, 0.717) is 5.57 Å². The number of carbonyl (C=O) groups is 1. The summed E-state index contributed by atoms with van der Waals surface area (Å²) in [6.07, 6.45) is 1.27. The topological polar surface area (TPSA) is 17.1 Å². The Labute approximate surface area is 94.9 Å². The van der Waals surface area contributed by atoms with Crippen LogP contribution in [0.25, 0.3) is 5.57 Å². The summed E-state index contributed by atoms with van der Waals surface area (Å²) in [5.74, 6) is -1.31. The number of hydrogen-bond donors (Lipinski definition) is 0. The summed E-state index contributed by atoms with van der Waals surface area (Å²) in [7, 11) is 0. The maximum Gasteiger partial charge on any atom is 0.152 e. The van der Waals surface area contributed by atoms with Gasteiger partial charge in [0.25, 0.3) is 0 Å². The summed E-state index contributed by atoms with van der Waals surface area (Å²) in [5.41, 5.74) is 0.511. The lowest BCUT2D eigenvalue weighted by Crippen LogP contribution is -1.93. The summed E-state index contributed by atoms with van der Waals surface area (Å²) in [4.78, 5) is 10.8. The molecule has 1 aromatic rings. The van der Waals surface area contributed by atoms with E-state index in [-0.39, 0.29) is 15.8 Å². The standard InChI is InChI=1S/C11H9BrF2O/c1-6(3-7(2)15)8-4-11(14)9(12)5-10(8)13/h3-5H,1-2H3/b6-3+. The lowest BCUT2D eigenvalue weighted by atomic mass is 10.1. The van der Waals surface area contributed by atoms with Gasteiger partial charge < -0.3 is 0 Å². The first kappa shape index (κ1) is 12.0. The van der Waals surface area contributed by atoms with Crippen molar-refractivity contribution in [2.45, 2.75) is 13.8 Å². The zero-order chi connectivity index (χ0) is 11.6. The van der Waals surface area contributed by atoms with Crippen LogP contribution in [-0.2, 0) is 4.79 Å². The Balaban J connectivity index is 3.26. The molecule has 0 radical (unpaired) electrons. The molecule has 0 amide bonds. The molecule has 0 bridgehead atoms. The Bertz CT molecular complexity index is 438. The normalized spacial score (nSPS) is 11.7. The van der Waals surface area contributed by atoms with Crippen molar-refractivity contribution >= 4 is 27.3 Å². The summed E-state index contributed by atoms with van der Waals surface area (Å²) in [6.45, 7) is 2.92. The first-order valence-corrected chi connectivity index (χ1v) is 5.05. The monoisotopic (exact) mass is 274 g/mol. The third kappa shape index (κ3) is 2.96. The Morgan fingerprint density at radius 3 is 2.40 bits per heavy atom. The maximum atomic E-state index is 13.4. The van der Waals surface area contributed by atoms with Gasteiger partial charge in [0.05, 0.1) is 4.47 Å². The van der Waals surface area contributed by atoms with Crippen LogP contribution in [0.15, 0.2) is 22.7 Å². The molecular formula is C11H9BrF2O. The van der Waals surface area contributed by atoms with Crippen molar-refractivity contribution in [3.63, 3.8) is 0 Å². The summed E-state index contributed by atoms with van der Waals surface area (Å²) >= 11 is 2.88. The van der Waals surface area contributed by atoms with Gasteiger partial charge in [-0.05, 0) is 53.6 Å². The van der Waals surface area contributed by atoms with E-state index in [4.69, 9.17) is 0 Å². The molecule has 0 spiro atoms. The highest BCUT2D eigenvalue weighted by molar-refractivity contribution is 9.10. The number of carbonyl (C=O) groups excluding carboxylic acids is 1. The third-order valence-electron chi connectivity index (χ3n) is 1.85. The zero-order valence-electron chi connectivity index (χ0n) is 8.27. The van der Waals surface area contributed by atoms with Gasteiger partial charge in [0.1, 0.15) is 11.6 Å². The molecule has 0 unspecified atom stereocenters. The van der Waals surface area contributed by atoms with Crippen LogP contribution in [0.5, 0.6) is 0 Å². The molecule has 0 heterocycles. The minimum Gasteiger partial charge on any atom is -0.295 e. The van der Waals surface area contributed by atoms with Gasteiger partial charge in [-0.25, -0.2) is 8.78 Å². The number of hydrogen-bond acceptors (Lipinski definition) is 1. The second kappa shape index (κ2) is 4.66. The highest BCUT2D eigenvalue weighted by Gasteiger charge is 2.09. The second-order valence-corrected chi connectivity index (χ2v) is 4.04. The molecule has 80 valence electrons. The van der Waals surface area contributed by atoms with E-state index in [0.717, 1.165) is 12.1 Å². The Kier molecular flexibility index (Phi) is 3.74. The predicted molar refractivity (Wildman–Crippen MR) is 58.4 cm³/mol. The van der Waals surface area contributed by atoms with Crippen molar-refractivity contribution in [2.24, 2.45) is 0 Å². The molecule has 1 aromatic carbocycles. The van der Waals surface area contributed by atoms with E-state index in [1.165, 1.54) is 13.0 Å². The number of benzene rings is 1. The average Bonchev–Trinajstić information content (AvgIpc) is 2.09. The zero-order valence-corrected chi connectivity index (χ0v) is 9.86. The third-order valence-corrected chi connectivity index (χ3v) is 2.46. The molecule has 1 nitrogen and oxygen atoms in total. The maximum absolute atomic E-state index is 13.4. The molecular weight excluding hydrogens is 266 g/mol. The minimum atomic E-state index is -0.557. The van der Waals surface area contributed by atoms with Crippen LogP contribution >= 0.6 is 15.9 Å². The molecule has 0 aliphatic rings. The van der Waals surface area contributed by atoms with E-state index in [2.05, 4.69) is 15.9 Å². The first-order chi connectivity index (χ1) is 6.91. The summed E-state index contributed by atoms with van der Waals surface area (Å²) < 4.78 is 26.6. The van der Waals surface area contributed by atoms with Crippen LogP contribution in [-0.4, -0.2) is 5.78 Å². The van der Waals surface area contributed by atoms with E-state index < -0.39 is 11.6 Å². The molecule has 0 atom stereocenters. The highest BCUT2D eigenvalue weighted by Crippen LogP contribution is 2.24. The first-order valence-electron chi connectivity index (χ1n) is 4.25. The van der Waals surface area contributed by atoms with Crippen LogP contribution in [0.3, 0.4) is 0 Å². The fourth-order valence-electron chi connectivity index (χ4n) is 1.21. The van der Waals surface area contributed by atoms with Gasteiger partial charge in [0, 0.05) is 5.56 Å². The van der Waals surface area contributed by atoms with Crippen molar-refractivity contribution in [1.29, 1.82) is 0 Å². The number of halogens is 3. The van der Waals surface area contributed by atoms with E-state index in [9.17, 15) is 13.6 Å². The minimum absolute atomic E-state index is 0.0689. The fraction of sp³-hybridized carbons (Fsp3) is 0.182. The van der Waals surface area contributed by atoms with Crippen molar-refractivity contribution in [2.75, 3.05) is 0 Å². The lowest BCUT2D eigenvalue weighted by molar-refractivity contribution is -0.112. The van der Waals surface area contributed by atoms with Gasteiger partial charge >= 0.3 is 0 Å². The van der Waals surface area contributed by atoms with Crippen molar-refractivity contribution < 1.29 is 13.6 Å². The van der Waals surface area contributed by atoms with Crippen LogP contribution in [0.4, 0.5) is 8.78 Å². The second-order valence-electron chi connectivity index (χ2n) is 3.18. The van der Waals surface area contributed by atoms with Crippen molar-refractivity contribution in [3.05, 3.63) is 39.9 Å². The van der Waals surface area contributed by atoms with Gasteiger partial charge in [0.2, 0.25) is 0 Å². The lowest BCUT2D eigenvalue weighted by Gasteiger charge is -2.04. The van der Waals surface area contributed by atoms with Crippen LogP contribution < -0.4 is 0 Å².